The number of nitrogens with zero attached hydrogens (tertiary/aromatic N) is 1. The van der Waals surface area contributed by atoms with Gasteiger partial charge in [0.25, 0.3) is 5.91 Å². The highest BCUT2D eigenvalue weighted by atomic mass is 16.2. The molecular formula is C19H24N4O2. The summed E-state index contributed by atoms with van der Waals surface area (Å²) < 4.78 is 0. The summed E-state index contributed by atoms with van der Waals surface area (Å²) in [6.07, 6.45) is 0. The molecule has 2 aromatic rings. The Morgan fingerprint density at radius 3 is 2.20 bits per heavy atom. The van der Waals surface area contributed by atoms with Crippen molar-refractivity contribution in [3.8, 4) is 0 Å². The number of benzene rings is 2. The van der Waals surface area contributed by atoms with Crippen LogP contribution in [0.25, 0.3) is 0 Å². The van der Waals surface area contributed by atoms with E-state index in [0.717, 1.165) is 11.1 Å². The van der Waals surface area contributed by atoms with Gasteiger partial charge >= 0.3 is 6.03 Å². The molecule has 0 radical (unpaired) electrons. The largest absolute Gasteiger partial charge is 0.352 e. The van der Waals surface area contributed by atoms with Crippen molar-refractivity contribution >= 4 is 11.9 Å². The second-order valence-corrected chi connectivity index (χ2v) is 6.01. The van der Waals surface area contributed by atoms with Crippen LogP contribution < -0.4 is 16.4 Å². The Morgan fingerprint density at radius 2 is 1.64 bits per heavy atom. The number of carbonyl (C=O) groups is 2. The predicted molar refractivity (Wildman–Crippen MR) is 98.1 cm³/mol. The minimum absolute atomic E-state index is 0.101. The maximum Gasteiger partial charge on any atom is 0.312 e. The number of hydrogen-bond donors (Lipinski definition) is 3. The maximum atomic E-state index is 12.4. The molecule has 0 saturated carbocycles. The van der Waals surface area contributed by atoms with Gasteiger partial charge < -0.3 is 21.3 Å². The van der Waals surface area contributed by atoms with Crippen molar-refractivity contribution in [2.75, 3.05) is 20.6 Å². The zero-order chi connectivity index (χ0) is 18.2. The number of urea groups is 1. The van der Waals surface area contributed by atoms with Crippen molar-refractivity contribution < 1.29 is 9.59 Å². The standard InChI is InChI=1S/C19H24N4O2/c1-23(2)17(15-6-4-3-5-7-15)13-21-18(24)16-10-8-14(9-11-16)12-22-19(20)25/h3-11,17H,12-13H2,1-2H3,(H,21,24)(H3,20,22,25)/t17-/m0/s1. The molecule has 0 aromatic heterocycles. The quantitative estimate of drug-likeness (QED) is 0.719. The molecule has 6 nitrogen and oxygen atoms in total. The average Bonchev–Trinajstić information content (AvgIpc) is 2.61. The van der Waals surface area contributed by atoms with Gasteiger partial charge in [0, 0.05) is 18.7 Å². The van der Waals surface area contributed by atoms with E-state index in [1.54, 1.807) is 24.3 Å². The van der Waals surface area contributed by atoms with E-state index in [4.69, 9.17) is 5.73 Å². The molecule has 6 heteroatoms. The molecule has 2 rings (SSSR count). The first-order valence-corrected chi connectivity index (χ1v) is 8.09. The summed E-state index contributed by atoms with van der Waals surface area (Å²) in [5.74, 6) is -0.128. The lowest BCUT2D eigenvalue weighted by atomic mass is 10.1. The third kappa shape index (κ3) is 5.61. The number of likely N-dealkylation sites (N-methyl/N-ethyl adjacent to an activating group) is 1. The molecule has 0 fully saturated rings. The first-order chi connectivity index (χ1) is 12.0. The number of nitrogens with one attached hydrogen (secondary N) is 2. The lowest BCUT2D eigenvalue weighted by Crippen LogP contribution is -2.34. The Labute approximate surface area is 148 Å². The summed E-state index contributed by atoms with van der Waals surface area (Å²) in [5, 5.41) is 5.49. The predicted octanol–water partition coefficient (Wildman–Crippen LogP) is 1.89. The van der Waals surface area contributed by atoms with E-state index in [1.807, 2.05) is 32.3 Å². The lowest BCUT2D eigenvalue weighted by Gasteiger charge is -2.25. The molecule has 0 heterocycles. The molecule has 0 unspecified atom stereocenters. The Bertz CT molecular complexity index is 699. The molecule has 132 valence electrons. The minimum Gasteiger partial charge on any atom is -0.352 e. The summed E-state index contributed by atoms with van der Waals surface area (Å²) in [6, 6.07) is 16.7. The third-order valence-electron chi connectivity index (χ3n) is 3.95. The normalized spacial score (nSPS) is 11.8. The van der Waals surface area contributed by atoms with Gasteiger partial charge in [-0.25, -0.2) is 4.79 Å². The van der Waals surface area contributed by atoms with Crippen molar-refractivity contribution in [2.24, 2.45) is 5.73 Å². The molecule has 0 bridgehead atoms. The van der Waals surface area contributed by atoms with Crippen LogP contribution in [-0.2, 0) is 6.54 Å². The molecule has 0 spiro atoms. The van der Waals surface area contributed by atoms with Gasteiger partial charge in [-0.15, -0.1) is 0 Å². The van der Waals surface area contributed by atoms with Gasteiger partial charge in [0.05, 0.1) is 6.04 Å². The summed E-state index contributed by atoms with van der Waals surface area (Å²) in [5.41, 5.74) is 7.65. The summed E-state index contributed by atoms with van der Waals surface area (Å²) in [6.45, 7) is 0.856. The van der Waals surface area contributed by atoms with Crippen LogP contribution in [0.4, 0.5) is 4.79 Å². The van der Waals surface area contributed by atoms with Crippen LogP contribution in [-0.4, -0.2) is 37.5 Å². The molecule has 0 saturated heterocycles. The van der Waals surface area contributed by atoms with Crippen molar-refractivity contribution in [3.05, 3.63) is 71.3 Å². The van der Waals surface area contributed by atoms with Gasteiger partial charge in [0.2, 0.25) is 0 Å². The number of hydrogen-bond acceptors (Lipinski definition) is 3. The molecule has 2 aromatic carbocycles. The third-order valence-corrected chi connectivity index (χ3v) is 3.95. The first-order valence-electron chi connectivity index (χ1n) is 8.09. The Morgan fingerprint density at radius 1 is 1.00 bits per heavy atom. The van der Waals surface area contributed by atoms with E-state index in [-0.39, 0.29) is 11.9 Å². The summed E-state index contributed by atoms with van der Waals surface area (Å²) in [7, 11) is 3.98. The first kappa shape index (κ1) is 18.5. The lowest BCUT2D eigenvalue weighted by molar-refractivity contribution is 0.0942. The van der Waals surface area contributed by atoms with E-state index in [1.165, 1.54) is 0 Å². The fourth-order valence-corrected chi connectivity index (χ4v) is 2.53. The molecular weight excluding hydrogens is 316 g/mol. The molecule has 3 amide bonds. The molecule has 0 aliphatic carbocycles. The van der Waals surface area contributed by atoms with Crippen LogP contribution in [0.1, 0.15) is 27.5 Å². The Balaban J connectivity index is 1.95. The van der Waals surface area contributed by atoms with Crippen molar-refractivity contribution in [1.29, 1.82) is 0 Å². The fraction of sp³-hybridized carbons (Fsp3) is 0.263. The fourth-order valence-electron chi connectivity index (χ4n) is 2.53. The number of primary amides is 1. The minimum atomic E-state index is -0.572. The SMILES string of the molecule is CN(C)[C@@H](CNC(=O)c1ccc(CNC(N)=O)cc1)c1ccccc1. The zero-order valence-electron chi connectivity index (χ0n) is 14.5. The highest BCUT2D eigenvalue weighted by molar-refractivity contribution is 5.94. The second kappa shape index (κ2) is 8.84. The summed E-state index contributed by atoms with van der Waals surface area (Å²) >= 11 is 0. The van der Waals surface area contributed by atoms with E-state index >= 15 is 0 Å². The highest BCUT2D eigenvalue weighted by Gasteiger charge is 2.15. The van der Waals surface area contributed by atoms with Crippen LogP contribution in [0.5, 0.6) is 0 Å². The molecule has 4 N–H and O–H groups in total. The monoisotopic (exact) mass is 340 g/mol. The average molecular weight is 340 g/mol. The van der Waals surface area contributed by atoms with E-state index < -0.39 is 6.03 Å². The van der Waals surface area contributed by atoms with Crippen LogP contribution in [0.3, 0.4) is 0 Å². The van der Waals surface area contributed by atoms with Gasteiger partial charge in [-0.3, -0.25) is 4.79 Å². The molecule has 25 heavy (non-hydrogen) atoms. The highest BCUT2D eigenvalue weighted by Crippen LogP contribution is 2.17. The number of rotatable bonds is 7. The topological polar surface area (TPSA) is 87.5 Å². The van der Waals surface area contributed by atoms with Gasteiger partial charge in [-0.05, 0) is 37.4 Å². The van der Waals surface area contributed by atoms with Crippen molar-refractivity contribution in [3.63, 3.8) is 0 Å². The number of nitrogens with two attached hydrogens (primary N) is 1. The van der Waals surface area contributed by atoms with Gasteiger partial charge in [-0.1, -0.05) is 42.5 Å². The van der Waals surface area contributed by atoms with Gasteiger partial charge in [-0.2, -0.15) is 0 Å². The van der Waals surface area contributed by atoms with Crippen molar-refractivity contribution in [1.82, 2.24) is 15.5 Å². The smallest absolute Gasteiger partial charge is 0.312 e. The number of carbonyl (C=O) groups excluding carboxylic acids is 2. The van der Waals surface area contributed by atoms with E-state index in [0.29, 0.717) is 18.7 Å². The van der Waals surface area contributed by atoms with Crippen LogP contribution in [0, 0.1) is 0 Å². The van der Waals surface area contributed by atoms with E-state index in [2.05, 4.69) is 27.7 Å². The molecule has 0 aliphatic rings. The van der Waals surface area contributed by atoms with Crippen molar-refractivity contribution in [2.45, 2.75) is 12.6 Å². The van der Waals surface area contributed by atoms with Crippen LogP contribution >= 0.6 is 0 Å². The Hall–Kier alpha value is -2.86. The zero-order valence-corrected chi connectivity index (χ0v) is 14.5. The van der Waals surface area contributed by atoms with Gasteiger partial charge in [0.15, 0.2) is 0 Å². The van der Waals surface area contributed by atoms with E-state index in [9.17, 15) is 9.59 Å². The second-order valence-electron chi connectivity index (χ2n) is 6.01. The summed E-state index contributed by atoms with van der Waals surface area (Å²) in [4.78, 5) is 25.2. The Kier molecular flexibility index (Phi) is 6.54. The number of amides is 3. The van der Waals surface area contributed by atoms with Crippen LogP contribution in [0.2, 0.25) is 0 Å². The molecule has 0 aliphatic heterocycles. The van der Waals surface area contributed by atoms with Crippen LogP contribution in [0.15, 0.2) is 54.6 Å². The molecule has 1 atom stereocenters. The van der Waals surface area contributed by atoms with Gasteiger partial charge in [0.1, 0.15) is 0 Å². The maximum absolute atomic E-state index is 12.4.